The highest BCUT2D eigenvalue weighted by Gasteiger charge is 2.46. The van der Waals surface area contributed by atoms with Crippen molar-refractivity contribution in [2.24, 2.45) is 0 Å². The summed E-state index contributed by atoms with van der Waals surface area (Å²) in [4.78, 5) is 0. The standard InChI is InChI=1S/C23H38O/c1-7-8-12-19(2)13-9-10-14-20(3)15-11-16-21(4)17-18-22-23(5,6)24-22/h7,13-14,16,22H,1,8-12,15,17-18H2,2-6H3/b19-13+,20-14+,21-16+. The lowest BCUT2D eigenvalue weighted by atomic mass is 10.0. The molecule has 0 spiro atoms. The first kappa shape index (κ1) is 21.0. The summed E-state index contributed by atoms with van der Waals surface area (Å²) in [5.41, 5.74) is 4.65. The first-order valence-electron chi connectivity index (χ1n) is 9.60. The number of hydrogen-bond donors (Lipinski definition) is 0. The monoisotopic (exact) mass is 330 g/mol. The molecule has 136 valence electrons. The van der Waals surface area contributed by atoms with E-state index in [1.54, 1.807) is 0 Å². The van der Waals surface area contributed by atoms with Gasteiger partial charge in [-0.05, 0) is 86.0 Å². The van der Waals surface area contributed by atoms with E-state index in [1.165, 1.54) is 36.0 Å². The largest absolute Gasteiger partial charge is 0.367 e. The summed E-state index contributed by atoms with van der Waals surface area (Å²) in [6, 6.07) is 0. The summed E-state index contributed by atoms with van der Waals surface area (Å²) < 4.78 is 5.64. The van der Waals surface area contributed by atoms with Crippen molar-refractivity contribution in [3.05, 3.63) is 47.6 Å². The molecular formula is C23H38O. The van der Waals surface area contributed by atoms with Crippen molar-refractivity contribution < 1.29 is 4.74 Å². The second kappa shape index (κ2) is 10.7. The van der Waals surface area contributed by atoms with Gasteiger partial charge in [0.1, 0.15) is 0 Å². The van der Waals surface area contributed by atoms with Gasteiger partial charge in [0.25, 0.3) is 0 Å². The van der Waals surface area contributed by atoms with E-state index in [9.17, 15) is 0 Å². The van der Waals surface area contributed by atoms with Gasteiger partial charge in [0.2, 0.25) is 0 Å². The molecule has 0 aromatic carbocycles. The Kier molecular flexibility index (Phi) is 9.36. The molecule has 1 unspecified atom stereocenters. The van der Waals surface area contributed by atoms with E-state index in [-0.39, 0.29) is 5.60 Å². The zero-order valence-electron chi connectivity index (χ0n) is 16.7. The Labute approximate surface area is 150 Å². The van der Waals surface area contributed by atoms with Gasteiger partial charge in [-0.25, -0.2) is 0 Å². The lowest BCUT2D eigenvalue weighted by molar-refractivity contribution is 0.320. The molecule has 1 atom stereocenters. The highest BCUT2D eigenvalue weighted by Crippen LogP contribution is 2.38. The number of rotatable bonds is 12. The smallest absolute Gasteiger partial charge is 0.0892 e. The van der Waals surface area contributed by atoms with Crippen molar-refractivity contribution in [2.75, 3.05) is 0 Å². The van der Waals surface area contributed by atoms with Gasteiger partial charge in [-0.3, -0.25) is 0 Å². The van der Waals surface area contributed by atoms with E-state index in [2.05, 4.69) is 59.4 Å². The van der Waals surface area contributed by atoms with Crippen LogP contribution in [0.1, 0.15) is 86.0 Å². The predicted octanol–water partition coefficient (Wildman–Crippen LogP) is 7.31. The van der Waals surface area contributed by atoms with Gasteiger partial charge in [-0.15, -0.1) is 6.58 Å². The van der Waals surface area contributed by atoms with Crippen LogP contribution in [0.2, 0.25) is 0 Å². The molecule has 24 heavy (non-hydrogen) atoms. The molecular weight excluding hydrogens is 292 g/mol. The Balaban J connectivity index is 2.14. The second-order valence-electron chi connectivity index (χ2n) is 7.84. The summed E-state index contributed by atoms with van der Waals surface area (Å²) in [5, 5.41) is 0. The molecule has 0 N–H and O–H groups in total. The molecule has 0 amide bonds. The average Bonchev–Trinajstić information content (AvgIpc) is 3.14. The first-order chi connectivity index (χ1) is 11.3. The fourth-order valence-electron chi connectivity index (χ4n) is 2.94. The molecule has 1 saturated heterocycles. The predicted molar refractivity (Wildman–Crippen MR) is 107 cm³/mol. The number of allylic oxidation sites excluding steroid dienone is 7. The van der Waals surface area contributed by atoms with E-state index in [4.69, 9.17) is 4.74 Å². The Morgan fingerprint density at radius 2 is 1.29 bits per heavy atom. The van der Waals surface area contributed by atoms with Crippen molar-refractivity contribution in [1.82, 2.24) is 0 Å². The van der Waals surface area contributed by atoms with Gasteiger partial charge in [0.15, 0.2) is 0 Å². The Hall–Kier alpha value is -1.08. The van der Waals surface area contributed by atoms with Crippen LogP contribution in [0.15, 0.2) is 47.6 Å². The van der Waals surface area contributed by atoms with Crippen LogP contribution >= 0.6 is 0 Å². The summed E-state index contributed by atoms with van der Waals surface area (Å²) in [6.45, 7) is 14.9. The minimum atomic E-state index is 0.137. The third-order valence-electron chi connectivity index (χ3n) is 4.89. The van der Waals surface area contributed by atoms with Gasteiger partial charge < -0.3 is 4.74 Å². The maximum absolute atomic E-state index is 5.64. The Morgan fingerprint density at radius 3 is 1.79 bits per heavy atom. The van der Waals surface area contributed by atoms with Crippen LogP contribution in [0.4, 0.5) is 0 Å². The van der Waals surface area contributed by atoms with Crippen LogP contribution in [-0.4, -0.2) is 11.7 Å². The molecule has 1 nitrogen and oxygen atoms in total. The minimum Gasteiger partial charge on any atom is -0.367 e. The van der Waals surface area contributed by atoms with Crippen molar-refractivity contribution in [3.63, 3.8) is 0 Å². The van der Waals surface area contributed by atoms with Gasteiger partial charge in [0, 0.05) is 0 Å². The molecule has 0 saturated carbocycles. The van der Waals surface area contributed by atoms with Crippen molar-refractivity contribution in [2.45, 2.75) is 97.7 Å². The minimum absolute atomic E-state index is 0.137. The average molecular weight is 331 g/mol. The second-order valence-corrected chi connectivity index (χ2v) is 7.84. The molecule has 1 aliphatic rings. The molecule has 0 aliphatic carbocycles. The summed E-state index contributed by atoms with van der Waals surface area (Å²) >= 11 is 0. The number of ether oxygens (including phenoxy) is 1. The van der Waals surface area contributed by atoms with Crippen LogP contribution in [0, 0.1) is 0 Å². The molecule has 1 aliphatic heterocycles. The van der Waals surface area contributed by atoms with E-state index >= 15 is 0 Å². The molecule has 0 aromatic rings. The van der Waals surface area contributed by atoms with Gasteiger partial charge in [-0.1, -0.05) is 41.0 Å². The lowest BCUT2D eigenvalue weighted by Gasteiger charge is -2.02. The molecule has 1 fully saturated rings. The zero-order valence-corrected chi connectivity index (χ0v) is 16.7. The number of hydrogen-bond acceptors (Lipinski definition) is 1. The molecule has 1 heteroatoms. The van der Waals surface area contributed by atoms with Crippen LogP contribution in [0.3, 0.4) is 0 Å². The summed E-state index contributed by atoms with van der Waals surface area (Å²) in [7, 11) is 0. The Morgan fingerprint density at radius 1 is 0.833 bits per heavy atom. The summed E-state index contributed by atoms with van der Waals surface area (Å²) in [6.07, 6.45) is 18.9. The SMILES string of the molecule is C=CCC/C(C)=C/CC/C=C(\C)CC/C=C(\C)CCC1OC1(C)C. The molecule has 1 heterocycles. The highest BCUT2D eigenvalue weighted by molar-refractivity contribution is 5.06. The maximum atomic E-state index is 5.64. The fraction of sp³-hybridized carbons (Fsp3) is 0.652. The topological polar surface area (TPSA) is 12.5 Å². The fourth-order valence-corrected chi connectivity index (χ4v) is 2.94. The van der Waals surface area contributed by atoms with Crippen LogP contribution in [-0.2, 0) is 4.74 Å². The van der Waals surface area contributed by atoms with Gasteiger partial charge in [-0.2, -0.15) is 0 Å². The maximum Gasteiger partial charge on any atom is 0.0892 e. The van der Waals surface area contributed by atoms with Crippen molar-refractivity contribution in [1.29, 1.82) is 0 Å². The van der Waals surface area contributed by atoms with Crippen LogP contribution in [0.5, 0.6) is 0 Å². The number of unbranched alkanes of at least 4 members (excludes halogenated alkanes) is 1. The molecule has 0 bridgehead atoms. The summed E-state index contributed by atoms with van der Waals surface area (Å²) in [5.74, 6) is 0. The van der Waals surface area contributed by atoms with Gasteiger partial charge in [0.05, 0.1) is 11.7 Å². The Bertz CT molecular complexity index is 476. The van der Waals surface area contributed by atoms with E-state index in [1.807, 2.05) is 6.08 Å². The van der Waals surface area contributed by atoms with Gasteiger partial charge >= 0.3 is 0 Å². The van der Waals surface area contributed by atoms with E-state index in [0.717, 1.165) is 32.1 Å². The first-order valence-corrected chi connectivity index (χ1v) is 9.60. The van der Waals surface area contributed by atoms with E-state index < -0.39 is 0 Å². The normalized spacial score (nSPS) is 21.0. The number of epoxide rings is 1. The molecule has 0 radical (unpaired) electrons. The highest BCUT2D eigenvalue weighted by atomic mass is 16.6. The van der Waals surface area contributed by atoms with Crippen LogP contribution in [0.25, 0.3) is 0 Å². The third-order valence-corrected chi connectivity index (χ3v) is 4.89. The lowest BCUT2D eigenvalue weighted by Crippen LogP contribution is -2.02. The van der Waals surface area contributed by atoms with Crippen molar-refractivity contribution in [3.8, 4) is 0 Å². The van der Waals surface area contributed by atoms with Crippen LogP contribution < -0.4 is 0 Å². The van der Waals surface area contributed by atoms with E-state index in [0.29, 0.717) is 6.10 Å². The molecule has 1 rings (SSSR count). The zero-order chi connectivity index (χ0) is 18.0. The van der Waals surface area contributed by atoms with Crippen molar-refractivity contribution >= 4 is 0 Å². The molecule has 0 aromatic heterocycles. The third kappa shape index (κ3) is 9.27. The quantitative estimate of drug-likeness (QED) is 0.207.